The van der Waals surface area contributed by atoms with Crippen molar-refractivity contribution in [3.8, 4) is 0 Å². The molecule has 4 fully saturated rings. The van der Waals surface area contributed by atoms with Crippen molar-refractivity contribution >= 4 is 16.2 Å². The normalized spacial score (nSPS) is 51.1. The Morgan fingerprint density at radius 3 is 2.32 bits per heavy atom. The third-order valence-corrected chi connectivity index (χ3v) is 10.6. The molecule has 8 atom stereocenters. The van der Waals surface area contributed by atoms with Crippen molar-refractivity contribution in [3.63, 3.8) is 0 Å². The highest BCUT2D eigenvalue weighted by Crippen LogP contribution is 2.70. The Kier molecular flexibility index (Phi) is 4.84. The van der Waals surface area contributed by atoms with Gasteiger partial charge in [0.2, 0.25) is 0 Å². The number of rotatable bonds is 3. The van der Waals surface area contributed by atoms with Crippen LogP contribution in [0.4, 0.5) is 0 Å². The van der Waals surface area contributed by atoms with Crippen LogP contribution in [0.15, 0.2) is 0 Å². The topological polar surface area (TPSA) is 80.7 Å². The molecule has 0 saturated heterocycles. The van der Waals surface area contributed by atoms with Gasteiger partial charge in [0.05, 0.1) is 6.10 Å². The van der Waals surface area contributed by atoms with Crippen LogP contribution < -0.4 is 0 Å². The molecular formula is C22H36O5S. The van der Waals surface area contributed by atoms with Crippen molar-refractivity contribution in [2.45, 2.75) is 91.6 Å². The molecule has 0 aromatic heterocycles. The number of Topliss-reactive ketones (excluding diaryl/α,β-unsaturated/α-hetero) is 1. The third-order valence-electron chi connectivity index (χ3n) is 10.1. The number of carbonyl (C=O) groups excluding carboxylic acids is 1. The fourth-order valence-electron chi connectivity index (χ4n) is 8.51. The standard InChI is InChI=1S/C22H36O5S/c1-14(23)17-5-6-18-16-8-10-20(2)13-15(27-28(24,25)26)7-12-22(20,4)19(16)9-11-21(17,18)3/h15-19H,5-13H2,1-4H3,(H,24,25,26)/t15-,16+,17-,18+,19+,20-,21-,22-/m1/s1. The largest absolute Gasteiger partial charge is 0.397 e. The molecule has 160 valence electrons. The zero-order valence-electron chi connectivity index (χ0n) is 17.7. The highest BCUT2D eigenvalue weighted by atomic mass is 32.3. The highest BCUT2D eigenvalue weighted by Gasteiger charge is 2.64. The van der Waals surface area contributed by atoms with Crippen LogP contribution in [-0.4, -0.2) is 24.9 Å². The van der Waals surface area contributed by atoms with Crippen molar-refractivity contribution < 1.29 is 21.9 Å². The molecule has 6 heteroatoms. The summed E-state index contributed by atoms with van der Waals surface area (Å²) in [4.78, 5) is 12.3. The molecule has 0 aliphatic heterocycles. The molecule has 0 aromatic carbocycles. The summed E-state index contributed by atoms with van der Waals surface area (Å²) in [5, 5.41) is 0. The minimum atomic E-state index is -4.40. The number of hydrogen-bond donors (Lipinski definition) is 1. The van der Waals surface area contributed by atoms with Crippen LogP contribution in [0.2, 0.25) is 0 Å². The van der Waals surface area contributed by atoms with Crippen LogP contribution in [0, 0.1) is 39.9 Å². The summed E-state index contributed by atoms with van der Waals surface area (Å²) in [6.45, 7) is 8.89. The van der Waals surface area contributed by atoms with Crippen molar-refractivity contribution in [1.29, 1.82) is 0 Å². The Morgan fingerprint density at radius 2 is 1.68 bits per heavy atom. The quantitative estimate of drug-likeness (QED) is 0.673. The lowest BCUT2D eigenvalue weighted by atomic mass is 9.40. The van der Waals surface area contributed by atoms with Gasteiger partial charge in [0.15, 0.2) is 0 Å². The average molecular weight is 413 g/mol. The highest BCUT2D eigenvalue weighted by molar-refractivity contribution is 7.80. The smallest absolute Gasteiger partial charge is 0.300 e. The maximum Gasteiger partial charge on any atom is 0.397 e. The van der Waals surface area contributed by atoms with Gasteiger partial charge in [-0.1, -0.05) is 20.8 Å². The van der Waals surface area contributed by atoms with Gasteiger partial charge in [0.25, 0.3) is 0 Å². The predicted octanol–water partition coefficient (Wildman–Crippen LogP) is 4.81. The Balaban J connectivity index is 1.58. The first-order chi connectivity index (χ1) is 12.9. The van der Waals surface area contributed by atoms with Gasteiger partial charge in [-0.25, -0.2) is 4.18 Å². The summed E-state index contributed by atoms with van der Waals surface area (Å²) in [6, 6.07) is 0. The molecule has 28 heavy (non-hydrogen) atoms. The third kappa shape index (κ3) is 3.01. The van der Waals surface area contributed by atoms with E-state index in [4.69, 9.17) is 8.74 Å². The molecule has 4 saturated carbocycles. The first-order valence-electron chi connectivity index (χ1n) is 11.1. The first-order valence-corrected chi connectivity index (χ1v) is 12.4. The van der Waals surface area contributed by atoms with Crippen LogP contribution in [0.5, 0.6) is 0 Å². The Labute approximate surface area is 169 Å². The molecule has 4 aliphatic rings. The average Bonchev–Trinajstić information content (AvgIpc) is 2.92. The van der Waals surface area contributed by atoms with Gasteiger partial charge in [0.1, 0.15) is 5.78 Å². The first kappa shape index (κ1) is 20.8. The van der Waals surface area contributed by atoms with Crippen LogP contribution in [-0.2, 0) is 19.4 Å². The number of fused-ring (bicyclic) bond motifs is 5. The molecule has 0 amide bonds. The van der Waals surface area contributed by atoms with Crippen molar-refractivity contribution in [1.82, 2.24) is 0 Å². The molecule has 0 spiro atoms. The van der Waals surface area contributed by atoms with E-state index in [9.17, 15) is 13.2 Å². The van der Waals surface area contributed by atoms with Gasteiger partial charge in [0, 0.05) is 5.92 Å². The molecule has 0 radical (unpaired) electrons. The zero-order chi connectivity index (χ0) is 20.5. The van der Waals surface area contributed by atoms with Crippen molar-refractivity contribution in [2.75, 3.05) is 0 Å². The maximum atomic E-state index is 12.3. The summed E-state index contributed by atoms with van der Waals surface area (Å²) >= 11 is 0. The van der Waals surface area contributed by atoms with Gasteiger partial charge >= 0.3 is 10.4 Å². The van der Waals surface area contributed by atoms with E-state index in [0.29, 0.717) is 36.4 Å². The molecule has 0 aromatic rings. The van der Waals surface area contributed by atoms with E-state index < -0.39 is 16.5 Å². The fourth-order valence-corrected chi connectivity index (χ4v) is 9.02. The number of carbonyl (C=O) groups is 1. The Morgan fingerprint density at radius 1 is 0.964 bits per heavy atom. The minimum Gasteiger partial charge on any atom is -0.300 e. The molecule has 0 unspecified atom stereocenters. The van der Waals surface area contributed by atoms with Crippen LogP contribution in [0.1, 0.15) is 85.5 Å². The second kappa shape index (κ2) is 6.52. The molecule has 4 aliphatic carbocycles. The molecular weight excluding hydrogens is 376 g/mol. The van der Waals surface area contributed by atoms with Crippen molar-refractivity contribution in [2.24, 2.45) is 39.9 Å². The van der Waals surface area contributed by atoms with Gasteiger partial charge in [-0.15, -0.1) is 0 Å². The van der Waals surface area contributed by atoms with Gasteiger partial charge in [-0.05, 0) is 98.7 Å². The van der Waals surface area contributed by atoms with Gasteiger partial charge < -0.3 is 0 Å². The van der Waals surface area contributed by atoms with Gasteiger partial charge in [-0.3, -0.25) is 9.35 Å². The van der Waals surface area contributed by atoms with Gasteiger partial charge in [-0.2, -0.15) is 8.42 Å². The summed E-state index contributed by atoms with van der Waals surface area (Å²) in [7, 11) is -4.40. The second-order valence-corrected chi connectivity index (χ2v) is 12.1. The number of ketones is 1. The summed E-state index contributed by atoms with van der Waals surface area (Å²) in [5.74, 6) is 2.58. The van der Waals surface area contributed by atoms with E-state index in [2.05, 4.69) is 20.8 Å². The zero-order valence-corrected chi connectivity index (χ0v) is 18.6. The molecule has 4 rings (SSSR count). The summed E-state index contributed by atoms with van der Waals surface area (Å²) < 4.78 is 36.6. The molecule has 0 bridgehead atoms. The fraction of sp³-hybridized carbons (Fsp3) is 0.955. The van der Waals surface area contributed by atoms with E-state index in [-0.39, 0.29) is 22.2 Å². The van der Waals surface area contributed by atoms with Crippen LogP contribution in [0.3, 0.4) is 0 Å². The number of hydrogen-bond acceptors (Lipinski definition) is 4. The maximum absolute atomic E-state index is 12.3. The SMILES string of the molecule is CC(=O)[C@H]1CC[C@H]2[C@@H]3CC[C@]4(C)C[C@H](OS(=O)(=O)O)CC[C@]4(C)[C@H]3CC[C@]12C. The van der Waals surface area contributed by atoms with Crippen molar-refractivity contribution in [3.05, 3.63) is 0 Å². The molecule has 0 heterocycles. The van der Waals surface area contributed by atoms with E-state index in [1.165, 1.54) is 19.3 Å². The summed E-state index contributed by atoms with van der Waals surface area (Å²) in [5.41, 5.74) is 0.376. The minimum absolute atomic E-state index is 0.0358. The second-order valence-electron chi connectivity index (χ2n) is 11.1. The Bertz CT molecular complexity index is 763. The van der Waals surface area contributed by atoms with E-state index in [0.717, 1.165) is 25.7 Å². The Hall–Kier alpha value is -0.460. The lowest BCUT2D eigenvalue weighted by Gasteiger charge is -2.65. The van der Waals surface area contributed by atoms with E-state index in [1.54, 1.807) is 6.92 Å². The monoisotopic (exact) mass is 412 g/mol. The van der Waals surface area contributed by atoms with E-state index >= 15 is 0 Å². The summed E-state index contributed by atoms with van der Waals surface area (Å²) in [6.07, 6.45) is 8.72. The molecule has 1 N–H and O–H groups in total. The lowest BCUT2D eigenvalue weighted by molar-refractivity contribution is -0.168. The predicted molar refractivity (Wildman–Crippen MR) is 107 cm³/mol. The van der Waals surface area contributed by atoms with E-state index in [1.807, 2.05) is 0 Å². The molecule has 5 nitrogen and oxygen atoms in total. The lowest BCUT2D eigenvalue weighted by Crippen LogP contribution is -2.58. The van der Waals surface area contributed by atoms with Crippen LogP contribution in [0.25, 0.3) is 0 Å². The van der Waals surface area contributed by atoms with Crippen LogP contribution >= 0.6 is 0 Å².